The molecule has 0 aliphatic heterocycles. The van der Waals surface area contributed by atoms with Crippen molar-refractivity contribution < 1.29 is 18.1 Å². The van der Waals surface area contributed by atoms with Crippen LogP contribution in [-0.2, 0) is 25.2 Å². The zero-order chi connectivity index (χ0) is 13.3. The molecule has 0 aromatic heterocycles. The molecule has 17 heavy (non-hydrogen) atoms. The van der Waals surface area contributed by atoms with Crippen molar-refractivity contribution in [3.8, 4) is 0 Å². The van der Waals surface area contributed by atoms with Gasteiger partial charge in [0.05, 0.1) is 7.11 Å². The molecular formula is C10H11Cl2FO3S. The normalized spacial score (nSPS) is 9.47. The van der Waals surface area contributed by atoms with Crippen molar-refractivity contribution in [2.45, 2.75) is 12.8 Å². The predicted octanol–water partition coefficient (Wildman–Crippen LogP) is 2.97. The number of benzene rings is 1. The van der Waals surface area contributed by atoms with Crippen molar-refractivity contribution in [3.63, 3.8) is 0 Å². The number of hydrogen-bond acceptors (Lipinski definition) is 3. The van der Waals surface area contributed by atoms with Crippen LogP contribution in [0, 0.1) is 5.82 Å². The molecule has 0 atom stereocenters. The van der Waals surface area contributed by atoms with Crippen LogP contribution in [-0.4, -0.2) is 17.3 Å². The second-order valence-corrected chi connectivity index (χ2v) is 5.38. The molecule has 0 radical (unpaired) electrons. The highest BCUT2D eigenvalue weighted by Gasteiger charge is 2.04. The van der Waals surface area contributed by atoms with E-state index >= 15 is 0 Å². The molecule has 0 saturated carbocycles. The molecule has 0 aliphatic rings. The topological polar surface area (TPSA) is 43.4 Å². The van der Waals surface area contributed by atoms with Gasteiger partial charge in [-0.05, 0) is 18.1 Å². The third-order valence-corrected chi connectivity index (χ3v) is 1.78. The molecule has 0 fully saturated rings. The van der Waals surface area contributed by atoms with Gasteiger partial charge in [-0.15, -0.1) is 0 Å². The Kier molecular flexibility index (Phi) is 9.03. The quantitative estimate of drug-likeness (QED) is 0.637. The molecule has 0 amide bonds. The molecule has 7 heteroatoms. The summed E-state index contributed by atoms with van der Waals surface area (Å²) in [6.07, 6.45) is 0.608. The number of methoxy groups -OCH3 is 1. The second kappa shape index (κ2) is 9.39. The maximum absolute atomic E-state index is 13.0. The van der Waals surface area contributed by atoms with Crippen LogP contribution in [0.5, 0.6) is 0 Å². The SMILES string of the molecule is COC(=O)CCc1ccccc1F.O=S(Cl)Cl. The Labute approximate surface area is 110 Å². The van der Waals surface area contributed by atoms with Gasteiger partial charge in [-0.3, -0.25) is 4.79 Å². The van der Waals surface area contributed by atoms with Crippen LogP contribution in [0.25, 0.3) is 0 Å². The smallest absolute Gasteiger partial charge is 0.305 e. The summed E-state index contributed by atoms with van der Waals surface area (Å²) in [6, 6.07) is 6.41. The lowest BCUT2D eigenvalue weighted by atomic mass is 10.1. The molecule has 96 valence electrons. The molecule has 1 aromatic rings. The summed E-state index contributed by atoms with van der Waals surface area (Å²) in [4.78, 5) is 10.8. The van der Waals surface area contributed by atoms with Crippen LogP contribution in [0.3, 0.4) is 0 Å². The standard InChI is InChI=1S/C10H11FO2.Cl2OS/c1-13-10(12)7-6-8-4-2-3-5-9(8)11;1-4(2)3/h2-5H,6-7H2,1H3;. The van der Waals surface area contributed by atoms with E-state index in [9.17, 15) is 9.18 Å². The largest absolute Gasteiger partial charge is 0.469 e. The summed E-state index contributed by atoms with van der Waals surface area (Å²) in [6.45, 7) is 0. The second-order valence-electron chi connectivity index (χ2n) is 2.85. The lowest BCUT2D eigenvalue weighted by Gasteiger charge is -2.01. The monoisotopic (exact) mass is 300 g/mol. The van der Waals surface area contributed by atoms with E-state index in [-0.39, 0.29) is 18.2 Å². The van der Waals surface area contributed by atoms with E-state index in [1.807, 2.05) is 0 Å². The zero-order valence-electron chi connectivity index (χ0n) is 8.99. The molecular weight excluding hydrogens is 290 g/mol. The van der Waals surface area contributed by atoms with Gasteiger partial charge in [-0.1, -0.05) is 18.2 Å². The highest BCUT2D eigenvalue weighted by atomic mass is 36.0. The lowest BCUT2D eigenvalue weighted by molar-refractivity contribution is -0.140. The van der Waals surface area contributed by atoms with Gasteiger partial charge < -0.3 is 4.74 Å². The Hall–Kier alpha value is -0.650. The van der Waals surface area contributed by atoms with Gasteiger partial charge in [0.15, 0.2) is 0 Å². The van der Waals surface area contributed by atoms with Crippen molar-refractivity contribution in [2.75, 3.05) is 7.11 Å². The van der Waals surface area contributed by atoms with Crippen molar-refractivity contribution in [2.24, 2.45) is 0 Å². The Bertz CT molecular complexity index is 384. The first-order valence-electron chi connectivity index (χ1n) is 4.52. The fourth-order valence-corrected chi connectivity index (χ4v) is 1.04. The van der Waals surface area contributed by atoms with Crippen LogP contribution in [0.4, 0.5) is 4.39 Å². The first-order chi connectivity index (χ1) is 7.97. The van der Waals surface area contributed by atoms with E-state index in [2.05, 4.69) is 26.1 Å². The van der Waals surface area contributed by atoms with Gasteiger partial charge >= 0.3 is 5.97 Å². The first-order valence-corrected chi connectivity index (χ1v) is 7.32. The highest BCUT2D eigenvalue weighted by molar-refractivity contribution is 8.26. The molecule has 0 heterocycles. The summed E-state index contributed by atoms with van der Waals surface area (Å²) < 4.78 is 26.5. The lowest BCUT2D eigenvalue weighted by Crippen LogP contribution is -2.02. The summed E-state index contributed by atoms with van der Waals surface area (Å²) in [7, 11) is 8.68. The summed E-state index contributed by atoms with van der Waals surface area (Å²) in [5, 5.41) is 0. The van der Waals surface area contributed by atoms with Gasteiger partial charge in [0.25, 0.3) is 0 Å². The molecule has 0 aliphatic carbocycles. The van der Waals surface area contributed by atoms with Crippen molar-refractivity contribution in [1.82, 2.24) is 0 Å². The Morgan fingerprint density at radius 3 is 2.41 bits per heavy atom. The highest BCUT2D eigenvalue weighted by Crippen LogP contribution is 2.08. The number of rotatable bonds is 3. The molecule has 1 rings (SSSR count). The van der Waals surface area contributed by atoms with E-state index < -0.39 is 9.23 Å². The number of halogens is 3. The number of ether oxygens (including phenoxy) is 1. The molecule has 0 unspecified atom stereocenters. The van der Waals surface area contributed by atoms with Crippen LogP contribution >= 0.6 is 21.4 Å². The van der Waals surface area contributed by atoms with E-state index in [0.29, 0.717) is 12.0 Å². The number of esters is 1. The van der Waals surface area contributed by atoms with Crippen molar-refractivity contribution >= 4 is 36.6 Å². The van der Waals surface area contributed by atoms with Crippen LogP contribution in [0.1, 0.15) is 12.0 Å². The van der Waals surface area contributed by atoms with E-state index in [1.165, 1.54) is 13.2 Å². The van der Waals surface area contributed by atoms with E-state index in [0.717, 1.165) is 0 Å². The third kappa shape index (κ3) is 9.09. The van der Waals surface area contributed by atoms with Crippen molar-refractivity contribution in [3.05, 3.63) is 35.6 Å². The minimum Gasteiger partial charge on any atom is -0.469 e. The Morgan fingerprint density at radius 1 is 1.41 bits per heavy atom. The minimum absolute atomic E-state index is 0.220. The first kappa shape index (κ1) is 16.4. The fourth-order valence-electron chi connectivity index (χ4n) is 1.04. The average Bonchev–Trinajstić information content (AvgIpc) is 2.27. The molecule has 3 nitrogen and oxygen atoms in total. The number of carbonyl (C=O) groups excluding carboxylic acids is 1. The Balaban J connectivity index is 0.000000557. The number of aryl methyl sites for hydroxylation is 1. The molecule has 0 spiro atoms. The van der Waals surface area contributed by atoms with Crippen LogP contribution in [0.15, 0.2) is 24.3 Å². The molecule has 0 bridgehead atoms. The molecule has 0 saturated heterocycles. The minimum atomic E-state index is -1.67. The maximum atomic E-state index is 13.0. The summed E-state index contributed by atoms with van der Waals surface area (Å²) in [5.41, 5.74) is 0.549. The van der Waals surface area contributed by atoms with Gasteiger partial charge in [0, 0.05) is 27.8 Å². The third-order valence-electron chi connectivity index (χ3n) is 1.78. The van der Waals surface area contributed by atoms with Gasteiger partial charge in [0.1, 0.15) is 5.82 Å². The van der Waals surface area contributed by atoms with Gasteiger partial charge in [0.2, 0.25) is 9.23 Å². The number of carbonyl (C=O) groups is 1. The maximum Gasteiger partial charge on any atom is 0.305 e. The Morgan fingerprint density at radius 2 is 1.94 bits per heavy atom. The summed E-state index contributed by atoms with van der Waals surface area (Å²) >= 11 is 0. The molecule has 1 aromatic carbocycles. The average molecular weight is 301 g/mol. The van der Waals surface area contributed by atoms with Gasteiger partial charge in [-0.2, -0.15) is 0 Å². The fraction of sp³-hybridized carbons (Fsp3) is 0.300. The van der Waals surface area contributed by atoms with Crippen LogP contribution in [0.2, 0.25) is 0 Å². The van der Waals surface area contributed by atoms with E-state index in [4.69, 9.17) is 4.21 Å². The molecule has 0 N–H and O–H groups in total. The van der Waals surface area contributed by atoms with Crippen LogP contribution < -0.4 is 0 Å². The van der Waals surface area contributed by atoms with Gasteiger partial charge in [-0.25, -0.2) is 8.60 Å². The summed E-state index contributed by atoms with van der Waals surface area (Å²) in [5.74, 6) is -0.588. The zero-order valence-corrected chi connectivity index (χ0v) is 11.3. The number of hydrogen-bond donors (Lipinski definition) is 0. The predicted molar refractivity (Wildman–Crippen MR) is 66.6 cm³/mol. The van der Waals surface area contributed by atoms with Crippen molar-refractivity contribution in [1.29, 1.82) is 0 Å². The van der Waals surface area contributed by atoms with E-state index in [1.54, 1.807) is 18.2 Å².